The van der Waals surface area contributed by atoms with Gasteiger partial charge >= 0.3 is 43.1 Å². The van der Waals surface area contributed by atoms with E-state index in [1.54, 1.807) is 0 Å². The van der Waals surface area contributed by atoms with E-state index in [9.17, 15) is 61.1 Å². The molecule has 0 fully saturated rings. The van der Waals surface area contributed by atoms with E-state index in [4.69, 9.17) is 0 Å². The minimum Gasteiger partial charge on any atom is -0.262 e. The molecule has 0 radical (unpaired) electrons. The van der Waals surface area contributed by atoms with Crippen LogP contribution in [0.4, 0.5) is 39.5 Å². The summed E-state index contributed by atoms with van der Waals surface area (Å²) in [6.45, 7) is 7.69. The Morgan fingerprint density at radius 3 is 1.58 bits per heavy atom. The maximum atomic E-state index is 12.0. The predicted octanol–water partition coefficient (Wildman–Crippen LogP) is 2.81. The highest BCUT2D eigenvalue weighted by atomic mass is 32.3. The van der Waals surface area contributed by atoms with Crippen LogP contribution in [-0.4, -0.2) is 48.3 Å². The van der Waals surface area contributed by atoms with Crippen molar-refractivity contribution in [3.63, 3.8) is 0 Å². The maximum Gasteiger partial charge on any atom is 0.517 e. The largest absolute Gasteiger partial charge is 0.517 e. The van der Waals surface area contributed by atoms with Crippen molar-refractivity contribution in [2.24, 2.45) is 7.05 Å². The summed E-state index contributed by atoms with van der Waals surface area (Å²) in [5.41, 5.74) is -11.1. The van der Waals surface area contributed by atoms with Crippen molar-refractivity contribution >= 4 is 26.0 Å². The molecule has 0 aromatic carbocycles. The van der Waals surface area contributed by atoms with Gasteiger partial charge in [-0.05, 0) is 13.3 Å². The molecule has 1 aromatic heterocycles. The number of aryl methyl sites for hydroxylation is 2. The molecular weight excluding hydrogens is 525 g/mol. The normalized spacial score (nSPS) is 13.4. The summed E-state index contributed by atoms with van der Waals surface area (Å²) in [7, 11) is -13.5. The summed E-state index contributed by atoms with van der Waals surface area (Å²) in [6.07, 6.45) is -4.11. The molecule has 0 saturated carbocycles. The number of hydrogen-bond acceptors (Lipinski definition) is 5. The van der Waals surface area contributed by atoms with Gasteiger partial charge in [0.15, 0.2) is 7.05 Å². The molecule has 194 valence electrons. The Hall–Kier alpha value is -2.05. The fourth-order valence-electron chi connectivity index (χ4n) is 2.17. The molecule has 0 aliphatic rings. The van der Waals surface area contributed by atoms with Crippen molar-refractivity contribution in [2.45, 2.75) is 57.4 Å². The van der Waals surface area contributed by atoms with Crippen molar-refractivity contribution < 1.29 is 65.8 Å². The first kappa shape index (κ1) is 30.9. The summed E-state index contributed by atoms with van der Waals surface area (Å²) in [5.74, 6) is -4.39. The van der Waals surface area contributed by atoms with Crippen LogP contribution < -0.4 is 4.68 Å². The fraction of sp³-hybridized carbons (Fsp3) is 0.714. The van der Waals surface area contributed by atoms with E-state index in [2.05, 4.69) is 43.2 Å². The van der Waals surface area contributed by atoms with Gasteiger partial charge in [0.25, 0.3) is 0 Å². The smallest absolute Gasteiger partial charge is 0.262 e. The van der Waals surface area contributed by atoms with Crippen molar-refractivity contribution in [2.75, 3.05) is 0 Å². The van der Waals surface area contributed by atoms with Gasteiger partial charge in [0.2, 0.25) is 5.69 Å². The lowest BCUT2D eigenvalue weighted by Crippen LogP contribution is -2.55. The number of alkyl halides is 9. The van der Waals surface area contributed by atoms with Crippen LogP contribution in [0.25, 0.3) is 0 Å². The van der Waals surface area contributed by atoms with Gasteiger partial charge in [-0.1, -0.05) is 13.3 Å². The second-order valence-electron chi connectivity index (χ2n) is 6.33. The zero-order valence-corrected chi connectivity index (χ0v) is 18.9. The first-order valence-corrected chi connectivity index (χ1v) is 11.4. The van der Waals surface area contributed by atoms with Crippen LogP contribution in [0.5, 0.6) is 0 Å². The second-order valence-corrected chi connectivity index (χ2v) is 10.1. The molecule has 0 N–H and O–H groups in total. The van der Waals surface area contributed by atoms with Gasteiger partial charge in [-0.25, -0.2) is 0 Å². The molecule has 33 heavy (non-hydrogen) atoms. The minimum absolute atomic E-state index is 1.15. The number of aromatic nitrogens is 2. The van der Waals surface area contributed by atoms with Gasteiger partial charge in [0.1, 0.15) is 0 Å². The minimum atomic E-state index is -7.81. The van der Waals surface area contributed by atoms with Crippen LogP contribution >= 0.6 is 0 Å². The lowest BCUT2D eigenvalue weighted by Gasteiger charge is -2.24. The molecule has 0 bridgehead atoms. The van der Waals surface area contributed by atoms with Gasteiger partial charge in [0.05, 0.1) is 12.2 Å². The summed E-state index contributed by atoms with van der Waals surface area (Å²) in [4.78, 5) is 10.4. The first-order chi connectivity index (χ1) is 14.4. The van der Waals surface area contributed by atoms with Crippen molar-refractivity contribution in [1.29, 1.82) is 0 Å². The number of carbonyl (C=O) groups is 1. The number of amides is 1. The zero-order chi connectivity index (χ0) is 26.8. The van der Waals surface area contributed by atoms with Gasteiger partial charge in [0, 0.05) is 13.0 Å². The van der Waals surface area contributed by atoms with Crippen LogP contribution in [0.1, 0.15) is 31.2 Å². The van der Waals surface area contributed by atoms with Crippen LogP contribution in [0.3, 0.4) is 0 Å². The highest BCUT2D eigenvalue weighted by Gasteiger charge is 2.67. The van der Waals surface area contributed by atoms with Gasteiger partial charge < -0.3 is 0 Å². The van der Waals surface area contributed by atoms with Crippen molar-refractivity contribution in [3.8, 4) is 0 Å². The van der Waals surface area contributed by atoms with E-state index < -0.39 is 46.9 Å². The monoisotopic (exact) mass is 544 g/mol. The standard InChI is InChI=1S/C10H19N2.C4F9NO5S2/c1-5-6-7-12-10(3)8-9(2)11(12)4;5-2(6,7)1(15)14(20(16,17)3(8,9)10)21(18,19)4(11,12)13/h8H,5-7H2,1-4H3;/q+1;. The topological polar surface area (TPSA) is 97.4 Å². The average Bonchev–Trinajstić information content (AvgIpc) is 2.82. The highest BCUT2D eigenvalue weighted by molar-refractivity contribution is 8.05. The van der Waals surface area contributed by atoms with E-state index in [1.165, 1.54) is 24.2 Å². The van der Waals surface area contributed by atoms with E-state index in [1.807, 2.05) is 0 Å². The molecule has 0 unspecified atom stereocenters. The number of hydrogen-bond donors (Lipinski definition) is 0. The van der Waals surface area contributed by atoms with Crippen LogP contribution in [0.15, 0.2) is 6.07 Å². The SMILES string of the molecule is CCCCn1c(C)cc(C)[n+]1C.O=C(N(S(=O)(=O)C(F)(F)F)S(=O)(=O)C(F)(F)F)C(F)(F)F. The zero-order valence-electron chi connectivity index (χ0n) is 17.3. The Kier molecular flexibility index (Phi) is 9.44. The van der Waals surface area contributed by atoms with E-state index in [0.717, 1.165) is 6.54 Å². The third-order valence-corrected chi connectivity index (χ3v) is 7.40. The molecule has 1 heterocycles. The number of unbranched alkanes of at least 4 members (excludes halogenated alkanes) is 1. The fourth-order valence-corrected chi connectivity index (χ4v) is 4.73. The Bertz CT molecular complexity index is 1010. The summed E-state index contributed by atoms with van der Waals surface area (Å²) >= 11 is 0. The number of nitrogens with zero attached hydrogens (tertiary/aromatic N) is 3. The van der Waals surface area contributed by atoms with Gasteiger partial charge in [-0.15, -0.1) is 8.39 Å². The Labute approximate surface area is 182 Å². The quantitative estimate of drug-likeness (QED) is 0.420. The number of carbonyl (C=O) groups excluding carboxylic acids is 1. The Morgan fingerprint density at radius 2 is 1.33 bits per heavy atom. The third kappa shape index (κ3) is 6.97. The molecule has 0 atom stereocenters. The average molecular weight is 544 g/mol. The third-order valence-electron chi connectivity index (χ3n) is 3.85. The molecule has 0 spiro atoms. The van der Waals surface area contributed by atoms with E-state index in [-0.39, 0.29) is 0 Å². The molecule has 1 amide bonds. The number of sulfonamides is 2. The summed E-state index contributed by atoms with van der Waals surface area (Å²) < 4.78 is 151. The van der Waals surface area contributed by atoms with Gasteiger partial charge in [-0.2, -0.15) is 61.0 Å². The Balaban J connectivity index is 0.000000716. The molecule has 19 heteroatoms. The Morgan fingerprint density at radius 1 is 0.939 bits per heavy atom. The maximum absolute atomic E-state index is 12.0. The van der Waals surface area contributed by atoms with Crippen molar-refractivity contribution in [1.82, 2.24) is 8.39 Å². The van der Waals surface area contributed by atoms with Crippen LogP contribution in [-0.2, 0) is 38.4 Å². The molecular formula is C14H19F9N3O5S2+. The van der Waals surface area contributed by atoms with Crippen molar-refractivity contribution in [3.05, 3.63) is 17.5 Å². The summed E-state index contributed by atoms with van der Waals surface area (Å²) in [5, 5.41) is 0. The lowest BCUT2D eigenvalue weighted by atomic mass is 10.3. The first-order valence-electron chi connectivity index (χ1n) is 8.51. The second kappa shape index (κ2) is 10.1. The molecule has 1 rings (SSSR count). The summed E-state index contributed by atoms with van der Waals surface area (Å²) in [6, 6.07) is 2.23. The lowest BCUT2D eigenvalue weighted by molar-refractivity contribution is -0.759. The molecule has 0 aliphatic heterocycles. The number of halogens is 9. The van der Waals surface area contributed by atoms with Crippen LogP contribution in [0.2, 0.25) is 0 Å². The molecule has 0 saturated heterocycles. The van der Waals surface area contributed by atoms with E-state index in [0.29, 0.717) is 0 Å². The predicted molar refractivity (Wildman–Crippen MR) is 92.8 cm³/mol. The highest BCUT2D eigenvalue weighted by Crippen LogP contribution is 2.37. The molecule has 0 aliphatic carbocycles. The van der Waals surface area contributed by atoms with E-state index >= 15 is 0 Å². The van der Waals surface area contributed by atoms with Gasteiger partial charge in [-0.3, -0.25) is 4.79 Å². The van der Waals surface area contributed by atoms with Crippen LogP contribution in [0, 0.1) is 13.8 Å². The molecule has 1 aromatic rings. The number of rotatable bonds is 5. The molecule has 8 nitrogen and oxygen atoms in total.